The normalized spacial score (nSPS) is 17.0. The van der Waals surface area contributed by atoms with E-state index in [0.717, 1.165) is 37.2 Å². The molecule has 1 aromatic heterocycles. The molecule has 194 valence electrons. The number of para-hydroxylation sites is 1. The minimum absolute atomic E-state index is 0.0882. The number of piperidine rings is 1. The van der Waals surface area contributed by atoms with E-state index in [4.69, 9.17) is 4.42 Å². The van der Waals surface area contributed by atoms with E-state index >= 15 is 0 Å². The van der Waals surface area contributed by atoms with Gasteiger partial charge in [-0.25, -0.2) is 4.79 Å². The van der Waals surface area contributed by atoms with Gasteiger partial charge in [-0.3, -0.25) is 9.69 Å². The Bertz CT molecular complexity index is 1260. The average molecular weight is 514 g/mol. The predicted molar refractivity (Wildman–Crippen MR) is 128 cm³/mol. The van der Waals surface area contributed by atoms with Crippen LogP contribution in [0.15, 0.2) is 59.0 Å². The van der Waals surface area contributed by atoms with E-state index in [9.17, 15) is 22.8 Å². The highest BCUT2D eigenvalue weighted by molar-refractivity contribution is 5.92. The molecule has 3 heterocycles. The zero-order chi connectivity index (χ0) is 26.2. The monoisotopic (exact) mass is 513 g/mol. The van der Waals surface area contributed by atoms with Crippen LogP contribution in [-0.2, 0) is 17.5 Å². The first-order valence-electron chi connectivity index (χ1n) is 12.0. The molecule has 1 spiro atoms. The molecule has 0 N–H and O–H groups in total. The summed E-state index contributed by atoms with van der Waals surface area (Å²) in [4.78, 5) is 30.6. The van der Waals surface area contributed by atoms with Crippen LogP contribution >= 0.6 is 0 Å². The summed E-state index contributed by atoms with van der Waals surface area (Å²) in [6, 6.07) is 15.9. The van der Waals surface area contributed by atoms with Crippen molar-refractivity contribution in [2.75, 3.05) is 31.1 Å². The van der Waals surface area contributed by atoms with Gasteiger partial charge in [-0.05, 0) is 42.7 Å². The topological polar surface area (TPSA) is 82.8 Å². The van der Waals surface area contributed by atoms with Crippen LogP contribution in [-0.4, -0.2) is 58.1 Å². The van der Waals surface area contributed by atoms with Gasteiger partial charge in [0.15, 0.2) is 0 Å². The molecule has 2 aromatic carbocycles. The van der Waals surface area contributed by atoms with Crippen LogP contribution in [0.1, 0.15) is 31.2 Å². The highest BCUT2D eigenvalue weighted by Gasteiger charge is 2.46. The Balaban J connectivity index is 1.29. The van der Waals surface area contributed by atoms with E-state index in [2.05, 4.69) is 10.2 Å². The molecule has 5 rings (SSSR count). The molecule has 3 aromatic rings. The maximum absolute atomic E-state index is 13.6. The van der Waals surface area contributed by atoms with Gasteiger partial charge in [-0.15, -0.1) is 10.2 Å². The molecular weight excluding hydrogens is 487 g/mol. The number of hydrogen-bond acceptors (Lipinski definition) is 5. The number of amides is 3. The fourth-order valence-electron chi connectivity index (χ4n) is 4.91. The zero-order valence-electron chi connectivity index (χ0n) is 20.2. The molecule has 0 saturated carbocycles. The van der Waals surface area contributed by atoms with Gasteiger partial charge in [0.25, 0.3) is 0 Å². The molecule has 2 aliphatic rings. The van der Waals surface area contributed by atoms with Gasteiger partial charge in [-0.1, -0.05) is 30.3 Å². The summed E-state index contributed by atoms with van der Waals surface area (Å²) in [7, 11) is 0. The number of likely N-dealkylation sites (tertiary alicyclic amines) is 2. The summed E-state index contributed by atoms with van der Waals surface area (Å²) in [5, 5.41) is 6.55. The standard InChI is InChI=1S/C26H26F3N5O3/c1-18(35)33-16-25(17-33)11-13-32(14-12-25)24(36)34(21-5-3-2-4-6-21)15-19-7-9-20(10-8-19)22-30-31-23(37-22)26(27,28)29/h2-10H,11-17H2,1H3. The van der Waals surface area contributed by atoms with Crippen molar-refractivity contribution in [3.63, 3.8) is 0 Å². The number of alkyl halides is 3. The number of nitrogens with zero attached hydrogens (tertiary/aromatic N) is 5. The number of urea groups is 1. The molecule has 0 bridgehead atoms. The van der Waals surface area contributed by atoms with E-state index in [1.54, 1.807) is 36.1 Å². The first-order chi connectivity index (χ1) is 17.6. The van der Waals surface area contributed by atoms with Crippen molar-refractivity contribution in [1.82, 2.24) is 20.0 Å². The van der Waals surface area contributed by atoms with Crippen LogP contribution in [0.25, 0.3) is 11.5 Å². The summed E-state index contributed by atoms with van der Waals surface area (Å²) in [5.41, 5.74) is 2.00. The van der Waals surface area contributed by atoms with Crippen LogP contribution in [0.4, 0.5) is 23.7 Å². The molecule has 0 unspecified atom stereocenters. The minimum Gasteiger partial charge on any atom is -0.413 e. The largest absolute Gasteiger partial charge is 0.470 e. The number of carbonyl (C=O) groups excluding carboxylic acids is 2. The van der Waals surface area contributed by atoms with Crippen LogP contribution in [0.5, 0.6) is 0 Å². The smallest absolute Gasteiger partial charge is 0.413 e. The van der Waals surface area contributed by atoms with Gasteiger partial charge in [0.2, 0.25) is 11.8 Å². The third kappa shape index (κ3) is 5.16. The SMILES string of the molecule is CC(=O)N1CC2(CCN(C(=O)N(Cc3ccc(-c4nnc(C(F)(F)F)o4)cc3)c3ccccc3)CC2)C1. The summed E-state index contributed by atoms with van der Waals surface area (Å²) >= 11 is 0. The molecule has 2 fully saturated rings. The fraction of sp³-hybridized carbons (Fsp3) is 0.385. The summed E-state index contributed by atoms with van der Waals surface area (Å²) in [5.74, 6) is -1.53. The average Bonchev–Trinajstić information content (AvgIpc) is 3.37. The number of benzene rings is 2. The van der Waals surface area contributed by atoms with Crippen molar-refractivity contribution < 1.29 is 27.2 Å². The van der Waals surface area contributed by atoms with Crippen LogP contribution < -0.4 is 4.90 Å². The zero-order valence-corrected chi connectivity index (χ0v) is 20.2. The molecule has 2 saturated heterocycles. The van der Waals surface area contributed by atoms with Gasteiger partial charge in [0.05, 0.1) is 6.54 Å². The molecule has 0 radical (unpaired) electrons. The number of rotatable bonds is 4. The summed E-state index contributed by atoms with van der Waals surface area (Å²) in [6.07, 6.45) is -3.00. The first-order valence-corrected chi connectivity index (χ1v) is 12.0. The quantitative estimate of drug-likeness (QED) is 0.499. The lowest BCUT2D eigenvalue weighted by molar-refractivity contribution is -0.157. The first kappa shape index (κ1) is 24.8. The Kier molecular flexibility index (Phi) is 6.38. The Hall–Kier alpha value is -3.89. The van der Waals surface area contributed by atoms with Crippen molar-refractivity contribution in [3.05, 3.63) is 66.1 Å². The van der Waals surface area contributed by atoms with Gasteiger partial charge >= 0.3 is 18.1 Å². The Morgan fingerprint density at radius 2 is 1.62 bits per heavy atom. The van der Waals surface area contributed by atoms with Crippen LogP contribution in [0, 0.1) is 5.41 Å². The fourth-order valence-corrected chi connectivity index (χ4v) is 4.91. The van der Waals surface area contributed by atoms with E-state index in [1.165, 1.54) is 0 Å². The Morgan fingerprint density at radius 3 is 2.19 bits per heavy atom. The molecular formula is C26H26F3N5O3. The maximum Gasteiger partial charge on any atom is 0.470 e. The molecule has 11 heteroatoms. The second-order valence-electron chi connectivity index (χ2n) is 9.67. The van der Waals surface area contributed by atoms with Crippen LogP contribution in [0.3, 0.4) is 0 Å². The van der Waals surface area contributed by atoms with Gasteiger partial charge in [0, 0.05) is 49.8 Å². The van der Waals surface area contributed by atoms with Crippen molar-refractivity contribution in [1.29, 1.82) is 0 Å². The molecule has 0 atom stereocenters. The second kappa shape index (κ2) is 9.53. The van der Waals surface area contributed by atoms with Crippen molar-refractivity contribution in [2.24, 2.45) is 5.41 Å². The molecule has 3 amide bonds. The van der Waals surface area contributed by atoms with Gasteiger partial charge in [0.1, 0.15) is 0 Å². The maximum atomic E-state index is 13.6. The third-order valence-corrected chi connectivity index (χ3v) is 7.10. The molecule has 0 aliphatic carbocycles. The summed E-state index contributed by atoms with van der Waals surface area (Å²) < 4.78 is 43.1. The van der Waals surface area contributed by atoms with Crippen molar-refractivity contribution in [2.45, 2.75) is 32.5 Å². The number of halogens is 3. The minimum atomic E-state index is -4.71. The van der Waals surface area contributed by atoms with E-state index in [1.807, 2.05) is 40.1 Å². The van der Waals surface area contributed by atoms with Gasteiger partial charge in [-0.2, -0.15) is 13.2 Å². The molecule has 8 nitrogen and oxygen atoms in total. The van der Waals surface area contributed by atoms with E-state index in [0.29, 0.717) is 18.7 Å². The number of anilines is 1. The van der Waals surface area contributed by atoms with Crippen molar-refractivity contribution in [3.8, 4) is 11.5 Å². The molecule has 37 heavy (non-hydrogen) atoms. The second-order valence-corrected chi connectivity index (χ2v) is 9.67. The Labute approximate surface area is 211 Å². The van der Waals surface area contributed by atoms with E-state index in [-0.39, 0.29) is 29.8 Å². The molecule has 2 aliphatic heterocycles. The van der Waals surface area contributed by atoms with Gasteiger partial charge < -0.3 is 14.2 Å². The highest BCUT2D eigenvalue weighted by Crippen LogP contribution is 2.40. The van der Waals surface area contributed by atoms with E-state index < -0.39 is 12.1 Å². The Morgan fingerprint density at radius 1 is 0.973 bits per heavy atom. The highest BCUT2D eigenvalue weighted by atomic mass is 19.4. The number of carbonyl (C=O) groups is 2. The lowest BCUT2D eigenvalue weighted by Crippen LogP contribution is -2.62. The van der Waals surface area contributed by atoms with Crippen LogP contribution in [0.2, 0.25) is 0 Å². The lowest BCUT2D eigenvalue weighted by Gasteiger charge is -2.54. The lowest BCUT2D eigenvalue weighted by atomic mass is 9.72. The van der Waals surface area contributed by atoms with Crippen molar-refractivity contribution >= 4 is 17.6 Å². The summed E-state index contributed by atoms with van der Waals surface area (Å²) in [6.45, 7) is 4.60. The third-order valence-electron chi connectivity index (χ3n) is 7.10. The predicted octanol–water partition coefficient (Wildman–Crippen LogP) is 4.83. The number of aromatic nitrogens is 2. The number of hydrogen-bond donors (Lipinski definition) is 0.